The molecule has 6 nitrogen and oxygen atoms in total. The largest absolute Gasteiger partial charge is 0.484 e. The minimum atomic E-state index is -0.0980. The van der Waals surface area contributed by atoms with Crippen molar-refractivity contribution in [2.75, 3.05) is 57.9 Å². The van der Waals surface area contributed by atoms with Crippen LogP contribution in [0.5, 0.6) is 5.75 Å². The number of rotatable bonds is 7. The van der Waals surface area contributed by atoms with E-state index in [0.29, 0.717) is 6.54 Å². The fraction of sp³-hybridized carbons (Fsp3) is 0.480. The molecule has 1 N–H and O–H groups in total. The Balaban J connectivity index is 1.43. The van der Waals surface area contributed by atoms with Crippen LogP contribution >= 0.6 is 0 Å². The minimum absolute atomic E-state index is 0.0235. The van der Waals surface area contributed by atoms with E-state index in [9.17, 15) is 4.79 Å². The smallest absolute Gasteiger partial charge is 0.258 e. The molecule has 166 valence electrons. The van der Waals surface area contributed by atoms with Gasteiger partial charge in [-0.05, 0) is 48.6 Å². The summed E-state index contributed by atoms with van der Waals surface area (Å²) in [4.78, 5) is 17.3. The van der Waals surface area contributed by atoms with E-state index in [-0.39, 0.29) is 18.6 Å². The highest BCUT2D eigenvalue weighted by Crippen LogP contribution is 2.31. The molecule has 1 saturated heterocycles. The molecule has 2 aromatic carbocycles. The second-order valence-electron chi connectivity index (χ2n) is 8.44. The maximum absolute atomic E-state index is 12.5. The quantitative estimate of drug-likeness (QED) is 0.742. The molecule has 6 heteroatoms. The summed E-state index contributed by atoms with van der Waals surface area (Å²) in [5.41, 5.74) is 5.02. The molecule has 0 aromatic heterocycles. The lowest BCUT2D eigenvalue weighted by Crippen LogP contribution is -2.44. The van der Waals surface area contributed by atoms with Gasteiger partial charge in [0, 0.05) is 38.9 Å². The second kappa shape index (κ2) is 10.2. The van der Waals surface area contributed by atoms with Crippen molar-refractivity contribution in [3.63, 3.8) is 0 Å². The standard InChI is InChI=1S/C25H33N3O3/c1-19-6-3-4-8-24(19)31-18-25(29)26-17-23(28-12-14-30-15-13-28)21-9-10-22-20(16-21)7-5-11-27(22)2/h3-4,6,8-10,16,23H,5,7,11-15,17-18H2,1-2H3,(H,26,29)/t23-/m0/s1. The normalized spacial score (nSPS) is 17.7. The number of hydrogen-bond donors (Lipinski definition) is 1. The van der Waals surface area contributed by atoms with Crippen molar-refractivity contribution < 1.29 is 14.3 Å². The van der Waals surface area contributed by atoms with Gasteiger partial charge in [-0.25, -0.2) is 0 Å². The molecule has 0 spiro atoms. The maximum Gasteiger partial charge on any atom is 0.258 e. The first-order chi connectivity index (χ1) is 15.1. The summed E-state index contributed by atoms with van der Waals surface area (Å²) in [6, 6.07) is 14.7. The van der Waals surface area contributed by atoms with Crippen LogP contribution in [0.25, 0.3) is 0 Å². The van der Waals surface area contributed by atoms with E-state index in [0.717, 1.165) is 50.6 Å². The average molecular weight is 424 g/mol. The molecule has 2 aromatic rings. The van der Waals surface area contributed by atoms with Crippen LogP contribution in [0.15, 0.2) is 42.5 Å². The van der Waals surface area contributed by atoms with Crippen molar-refractivity contribution in [3.05, 3.63) is 59.2 Å². The molecular formula is C25H33N3O3. The average Bonchev–Trinajstić information content (AvgIpc) is 2.79. The summed E-state index contributed by atoms with van der Waals surface area (Å²) in [5, 5.41) is 3.10. The summed E-state index contributed by atoms with van der Waals surface area (Å²) in [6.07, 6.45) is 2.29. The molecule has 1 fully saturated rings. The van der Waals surface area contributed by atoms with E-state index in [1.54, 1.807) is 0 Å². The third kappa shape index (κ3) is 5.38. The van der Waals surface area contributed by atoms with Gasteiger partial charge in [-0.15, -0.1) is 0 Å². The maximum atomic E-state index is 12.5. The van der Waals surface area contributed by atoms with Crippen molar-refractivity contribution in [3.8, 4) is 5.75 Å². The number of benzene rings is 2. The molecule has 1 amide bonds. The highest BCUT2D eigenvalue weighted by Gasteiger charge is 2.25. The zero-order valence-electron chi connectivity index (χ0n) is 18.6. The van der Waals surface area contributed by atoms with Gasteiger partial charge < -0.3 is 19.7 Å². The lowest BCUT2D eigenvalue weighted by atomic mass is 9.95. The number of ether oxygens (including phenoxy) is 2. The fourth-order valence-corrected chi connectivity index (χ4v) is 4.48. The van der Waals surface area contributed by atoms with E-state index >= 15 is 0 Å². The molecule has 2 aliphatic rings. The topological polar surface area (TPSA) is 54.0 Å². The molecule has 0 aliphatic carbocycles. The summed E-state index contributed by atoms with van der Waals surface area (Å²) < 4.78 is 11.3. The lowest BCUT2D eigenvalue weighted by Gasteiger charge is -2.36. The molecule has 0 bridgehead atoms. The molecule has 31 heavy (non-hydrogen) atoms. The monoisotopic (exact) mass is 423 g/mol. The van der Waals surface area contributed by atoms with Crippen LogP contribution in [0.3, 0.4) is 0 Å². The van der Waals surface area contributed by atoms with Crippen LogP contribution in [0.2, 0.25) is 0 Å². The molecule has 0 unspecified atom stereocenters. The Hall–Kier alpha value is -2.57. The zero-order valence-corrected chi connectivity index (χ0v) is 18.6. The predicted molar refractivity (Wildman–Crippen MR) is 123 cm³/mol. The van der Waals surface area contributed by atoms with Gasteiger partial charge in [-0.1, -0.05) is 30.3 Å². The van der Waals surface area contributed by atoms with Crippen molar-refractivity contribution in [2.45, 2.75) is 25.8 Å². The van der Waals surface area contributed by atoms with Gasteiger partial charge in [-0.3, -0.25) is 9.69 Å². The van der Waals surface area contributed by atoms with Gasteiger partial charge >= 0.3 is 0 Å². The van der Waals surface area contributed by atoms with Gasteiger partial charge in [0.05, 0.1) is 19.3 Å². The van der Waals surface area contributed by atoms with Crippen LogP contribution in [-0.4, -0.2) is 63.9 Å². The van der Waals surface area contributed by atoms with Crippen LogP contribution in [0.1, 0.15) is 29.2 Å². The van der Waals surface area contributed by atoms with E-state index in [1.165, 1.54) is 23.2 Å². The van der Waals surface area contributed by atoms with Gasteiger partial charge in [0.25, 0.3) is 5.91 Å². The molecule has 1 atom stereocenters. The number of morpholine rings is 1. The fourth-order valence-electron chi connectivity index (χ4n) is 4.48. The SMILES string of the molecule is Cc1ccccc1OCC(=O)NC[C@@H](c1ccc2c(c1)CCCN2C)N1CCOCC1. The number of fused-ring (bicyclic) bond motifs is 1. The van der Waals surface area contributed by atoms with Crippen molar-refractivity contribution in [1.29, 1.82) is 0 Å². The second-order valence-corrected chi connectivity index (χ2v) is 8.44. The van der Waals surface area contributed by atoms with Gasteiger partial charge in [0.1, 0.15) is 5.75 Å². The number of hydrogen-bond acceptors (Lipinski definition) is 5. The molecule has 0 saturated carbocycles. The van der Waals surface area contributed by atoms with E-state index < -0.39 is 0 Å². The summed E-state index contributed by atoms with van der Waals surface area (Å²) >= 11 is 0. The van der Waals surface area contributed by atoms with Crippen LogP contribution in [-0.2, 0) is 16.0 Å². The zero-order chi connectivity index (χ0) is 21.6. The first kappa shape index (κ1) is 21.7. The Morgan fingerprint density at radius 3 is 2.77 bits per heavy atom. The molecule has 0 radical (unpaired) electrons. The number of nitrogens with zero attached hydrogens (tertiary/aromatic N) is 2. The summed E-state index contributed by atoms with van der Waals surface area (Å²) in [7, 11) is 2.16. The first-order valence-corrected chi connectivity index (χ1v) is 11.2. The Labute approximate surface area is 185 Å². The molecular weight excluding hydrogens is 390 g/mol. The number of nitrogens with one attached hydrogen (secondary N) is 1. The van der Waals surface area contributed by atoms with E-state index in [1.807, 2.05) is 31.2 Å². The van der Waals surface area contributed by atoms with Gasteiger partial charge in [-0.2, -0.15) is 0 Å². The number of carbonyl (C=O) groups excluding carboxylic acids is 1. The van der Waals surface area contributed by atoms with Crippen LogP contribution in [0, 0.1) is 6.92 Å². The third-order valence-corrected chi connectivity index (χ3v) is 6.27. The van der Waals surface area contributed by atoms with Gasteiger partial charge in [0.2, 0.25) is 0 Å². The predicted octanol–water partition coefficient (Wildman–Crippen LogP) is 2.95. The van der Waals surface area contributed by atoms with Crippen molar-refractivity contribution in [1.82, 2.24) is 10.2 Å². The number of amides is 1. The number of para-hydroxylation sites is 1. The van der Waals surface area contributed by atoms with Crippen LogP contribution in [0.4, 0.5) is 5.69 Å². The van der Waals surface area contributed by atoms with E-state index in [4.69, 9.17) is 9.47 Å². The van der Waals surface area contributed by atoms with Gasteiger partial charge in [0.15, 0.2) is 6.61 Å². The van der Waals surface area contributed by atoms with E-state index in [2.05, 4.69) is 40.4 Å². The Kier molecular flexibility index (Phi) is 7.10. The molecule has 2 heterocycles. The Morgan fingerprint density at radius 1 is 1.16 bits per heavy atom. The number of carbonyl (C=O) groups is 1. The van der Waals surface area contributed by atoms with Crippen molar-refractivity contribution >= 4 is 11.6 Å². The molecule has 4 rings (SSSR count). The third-order valence-electron chi connectivity index (χ3n) is 6.27. The number of aryl methyl sites for hydroxylation is 2. The lowest BCUT2D eigenvalue weighted by molar-refractivity contribution is -0.123. The Morgan fingerprint density at radius 2 is 1.97 bits per heavy atom. The summed E-state index contributed by atoms with van der Waals surface area (Å²) in [6.45, 7) is 6.88. The summed E-state index contributed by atoms with van der Waals surface area (Å²) in [5.74, 6) is 0.653. The van der Waals surface area contributed by atoms with Crippen LogP contribution < -0.4 is 15.0 Å². The molecule has 2 aliphatic heterocycles. The van der Waals surface area contributed by atoms with Crippen molar-refractivity contribution in [2.24, 2.45) is 0 Å². The highest BCUT2D eigenvalue weighted by molar-refractivity contribution is 5.77. The number of anilines is 1. The highest BCUT2D eigenvalue weighted by atomic mass is 16.5. The first-order valence-electron chi connectivity index (χ1n) is 11.2. The minimum Gasteiger partial charge on any atom is -0.484 e. The Bertz CT molecular complexity index is 895.